The minimum absolute atomic E-state index is 0.0709. The fourth-order valence-corrected chi connectivity index (χ4v) is 4.58. The zero-order chi connectivity index (χ0) is 18.4. The van der Waals surface area contributed by atoms with Crippen LogP contribution >= 0.6 is 0 Å². The number of carbonyl (C=O) groups is 1. The highest BCUT2D eigenvalue weighted by Crippen LogP contribution is 2.23. The van der Waals surface area contributed by atoms with E-state index in [1.807, 2.05) is 0 Å². The van der Waals surface area contributed by atoms with E-state index >= 15 is 0 Å². The summed E-state index contributed by atoms with van der Waals surface area (Å²) >= 11 is 0. The molecule has 1 aliphatic carbocycles. The second-order valence-electron chi connectivity index (χ2n) is 8.66. The molecule has 0 aromatic carbocycles. The molecule has 6 atom stereocenters. The summed E-state index contributed by atoms with van der Waals surface area (Å²) in [6, 6.07) is 0.601. The average Bonchev–Trinajstić information content (AvgIpc) is 2.60. The van der Waals surface area contributed by atoms with Crippen molar-refractivity contribution in [3.8, 4) is 0 Å². The fraction of sp³-hybridized carbons (Fsp3) is 0.947. The maximum absolute atomic E-state index is 12.4. The van der Waals surface area contributed by atoms with Gasteiger partial charge in [-0.3, -0.25) is 10.6 Å². The maximum Gasteiger partial charge on any atom is 0.317 e. The predicted octanol–water partition coefficient (Wildman–Crippen LogP) is 1.03. The number of hydrogen-bond acceptors (Lipinski definition) is 5. The Balaban J connectivity index is 1.39. The summed E-state index contributed by atoms with van der Waals surface area (Å²) < 4.78 is 0. The number of hydrogen-bond donors (Lipinski definition) is 6. The van der Waals surface area contributed by atoms with Crippen LogP contribution in [-0.4, -0.2) is 50.2 Å². The van der Waals surface area contributed by atoms with Gasteiger partial charge in [0.25, 0.3) is 0 Å². The second-order valence-corrected chi connectivity index (χ2v) is 8.66. The van der Waals surface area contributed by atoms with E-state index in [0.29, 0.717) is 23.9 Å². The monoisotopic (exact) mass is 366 g/mol. The van der Waals surface area contributed by atoms with Crippen molar-refractivity contribution in [3.63, 3.8) is 0 Å². The van der Waals surface area contributed by atoms with Crippen molar-refractivity contribution in [3.05, 3.63) is 0 Å². The Bertz CT molecular complexity index is 442. The van der Waals surface area contributed by atoms with Gasteiger partial charge < -0.3 is 21.3 Å². The van der Waals surface area contributed by atoms with E-state index in [4.69, 9.17) is 0 Å². The van der Waals surface area contributed by atoms with Crippen molar-refractivity contribution in [1.29, 1.82) is 0 Å². The molecular formula is C19H38N6O. The highest BCUT2D eigenvalue weighted by Gasteiger charge is 2.27. The summed E-state index contributed by atoms with van der Waals surface area (Å²) in [5, 5.41) is 20.2. The quantitative estimate of drug-likeness (QED) is 0.438. The van der Waals surface area contributed by atoms with Crippen molar-refractivity contribution in [2.75, 3.05) is 19.6 Å². The van der Waals surface area contributed by atoms with Crippen molar-refractivity contribution in [1.82, 2.24) is 31.9 Å². The van der Waals surface area contributed by atoms with Crippen LogP contribution in [0.5, 0.6) is 0 Å². The zero-order valence-electron chi connectivity index (χ0n) is 16.4. The molecule has 0 aromatic heterocycles. The minimum atomic E-state index is -0.193. The summed E-state index contributed by atoms with van der Waals surface area (Å²) in [5.41, 5.74) is 0. The first-order valence-corrected chi connectivity index (χ1v) is 10.6. The lowest BCUT2D eigenvalue weighted by Gasteiger charge is -2.38. The van der Waals surface area contributed by atoms with Gasteiger partial charge in [0, 0.05) is 18.6 Å². The van der Waals surface area contributed by atoms with Crippen LogP contribution < -0.4 is 31.9 Å². The van der Waals surface area contributed by atoms with Crippen LogP contribution in [0.2, 0.25) is 0 Å². The third-order valence-corrected chi connectivity index (χ3v) is 6.01. The number of amides is 2. The molecule has 2 heterocycles. The lowest BCUT2D eigenvalue weighted by atomic mass is 9.87. The molecule has 2 amide bonds. The first kappa shape index (κ1) is 19.9. The van der Waals surface area contributed by atoms with Crippen LogP contribution in [0.1, 0.15) is 58.8 Å². The van der Waals surface area contributed by atoms with E-state index in [1.165, 1.54) is 25.7 Å². The molecule has 1 saturated carbocycles. The van der Waals surface area contributed by atoms with Gasteiger partial charge >= 0.3 is 6.03 Å². The molecule has 0 radical (unpaired) electrons. The average molecular weight is 367 g/mol. The van der Waals surface area contributed by atoms with E-state index in [-0.39, 0.29) is 18.5 Å². The van der Waals surface area contributed by atoms with Gasteiger partial charge in [-0.2, -0.15) is 0 Å². The molecule has 2 saturated heterocycles. The van der Waals surface area contributed by atoms with Gasteiger partial charge in [0.15, 0.2) is 0 Å². The van der Waals surface area contributed by atoms with Crippen molar-refractivity contribution in [2.24, 2.45) is 11.8 Å². The van der Waals surface area contributed by atoms with Crippen molar-refractivity contribution in [2.45, 2.75) is 83.3 Å². The topological polar surface area (TPSA) is 89.2 Å². The summed E-state index contributed by atoms with van der Waals surface area (Å²) in [6.07, 6.45) is 8.30. The van der Waals surface area contributed by atoms with Crippen LogP contribution in [0.25, 0.3) is 0 Å². The van der Waals surface area contributed by atoms with Crippen LogP contribution in [0.4, 0.5) is 4.79 Å². The number of nitrogens with one attached hydrogen (secondary N) is 6. The largest absolute Gasteiger partial charge is 0.335 e. The Hall–Kier alpha value is -0.890. The predicted molar refractivity (Wildman–Crippen MR) is 105 cm³/mol. The molecule has 3 aliphatic rings. The van der Waals surface area contributed by atoms with E-state index in [9.17, 15) is 4.79 Å². The van der Waals surface area contributed by atoms with Gasteiger partial charge in [-0.05, 0) is 64.0 Å². The highest BCUT2D eigenvalue weighted by atomic mass is 16.2. The summed E-state index contributed by atoms with van der Waals surface area (Å²) in [4.78, 5) is 12.4. The molecule has 7 nitrogen and oxygen atoms in total. The number of carbonyl (C=O) groups excluding carboxylic acids is 1. The molecule has 0 bridgehead atoms. The SMILES string of the molecule is CC1CCCC(NC(=O)NC2NC(C)CC(NCC3CCCNC3)N2)C1. The third-order valence-electron chi connectivity index (χ3n) is 6.01. The van der Waals surface area contributed by atoms with Gasteiger partial charge in [0.2, 0.25) is 0 Å². The smallest absolute Gasteiger partial charge is 0.317 e. The number of piperidine rings is 1. The van der Waals surface area contributed by atoms with Crippen LogP contribution in [0, 0.1) is 11.8 Å². The van der Waals surface area contributed by atoms with Crippen LogP contribution in [0.15, 0.2) is 0 Å². The summed E-state index contributed by atoms with van der Waals surface area (Å²) in [6.45, 7) is 7.73. The van der Waals surface area contributed by atoms with Crippen LogP contribution in [-0.2, 0) is 0 Å². The first-order valence-electron chi connectivity index (χ1n) is 10.6. The van der Waals surface area contributed by atoms with Gasteiger partial charge in [0.1, 0.15) is 6.29 Å². The molecule has 2 aliphatic heterocycles. The van der Waals surface area contributed by atoms with Crippen LogP contribution in [0.3, 0.4) is 0 Å². The lowest BCUT2D eigenvalue weighted by molar-refractivity contribution is 0.178. The molecule has 0 aromatic rings. The Morgan fingerprint density at radius 2 is 1.92 bits per heavy atom. The van der Waals surface area contributed by atoms with Crippen molar-refractivity contribution >= 4 is 6.03 Å². The van der Waals surface area contributed by atoms with E-state index in [0.717, 1.165) is 38.9 Å². The molecule has 6 N–H and O–H groups in total. The zero-order valence-corrected chi connectivity index (χ0v) is 16.4. The Morgan fingerprint density at radius 3 is 2.69 bits per heavy atom. The van der Waals surface area contributed by atoms with Gasteiger partial charge in [0.05, 0.1) is 6.17 Å². The standard InChI is InChI=1S/C19H38N6O/c1-13-5-3-7-16(9-13)23-19(26)25-18-22-14(2)10-17(24-18)21-12-15-6-4-8-20-11-15/h13-18,20-22,24H,3-12H2,1-2H3,(H2,23,25,26). The Morgan fingerprint density at radius 1 is 1.04 bits per heavy atom. The third kappa shape index (κ3) is 6.37. The number of urea groups is 1. The molecule has 150 valence electrons. The molecule has 3 fully saturated rings. The Labute approximate surface area is 158 Å². The van der Waals surface area contributed by atoms with Gasteiger partial charge in [-0.25, -0.2) is 4.79 Å². The molecule has 3 rings (SSSR count). The molecule has 0 spiro atoms. The Kier molecular flexibility index (Phi) is 7.54. The maximum atomic E-state index is 12.4. The van der Waals surface area contributed by atoms with Gasteiger partial charge in [-0.1, -0.05) is 19.8 Å². The molecule has 7 heteroatoms. The lowest BCUT2D eigenvalue weighted by Crippen LogP contribution is -2.68. The van der Waals surface area contributed by atoms with E-state index in [2.05, 4.69) is 45.7 Å². The van der Waals surface area contributed by atoms with Gasteiger partial charge in [-0.15, -0.1) is 0 Å². The highest BCUT2D eigenvalue weighted by molar-refractivity contribution is 5.74. The summed E-state index contributed by atoms with van der Waals surface area (Å²) in [7, 11) is 0. The molecular weight excluding hydrogens is 328 g/mol. The second kappa shape index (κ2) is 9.88. The fourth-order valence-electron chi connectivity index (χ4n) is 4.58. The van der Waals surface area contributed by atoms with E-state index < -0.39 is 0 Å². The first-order chi connectivity index (χ1) is 12.6. The molecule has 26 heavy (non-hydrogen) atoms. The van der Waals surface area contributed by atoms with E-state index in [1.54, 1.807) is 0 Å². The summed E-state index contributed by atoms with van der Waals surface area (Å²) in [5.74, 6) is 1.42. The molecule has 6 unspecified atom stereocenters. The normalized spacial score (nSPS) is 38.5. The number of rotatable bonds is 5. The van der Waals surface area contributed by atoms with Crippen molar-refractivity contribution < 1.29 is 4.79 Å². The minimum Gasteiger partial charge on any atom is -0.335 e.